The second-order valence-corrected chi connectivity index (χ2v) is 4.02. The highest BCUT2D eigenvalue weighted by atomic mass is 15.0. The van der Waals surface area contributed by atoms with Gasteiger partial charge in [-0.1, -0.05) is 6.92 Å². The van der Waals surface area contributed by atoms with Crippen LogP contribution in [0.5, 0.6) is 0 Å². The molecule has 0 radical (unpaired) electrons. The molecule has 0 saturated carbocycles. The molecule has 0 amide bonds. The smallest absolute Gasteiger partial charge is 0.149 e. The third-order valence-corrected chi connectivity index (χ3v) is 2.78. The Morgan fingerprint density at radius 1 is 1.22 bits per heavy atom. The first-order valence-corrected chi connectivity index (χ1v) is 5.95. The number of pyridine rings is 1. The van der Waals surface area contributed by atoms with E-state index in [0.29, 0.717) is 11.6 Å². The quantitative estimate of drug-likeness (QED) is 0.850. The van der Waals surface area contributed by atoms with Crippen LogP contribution in [0.15, 0.2) is 30.7 Å². The Hall–Kier alpha value is -2.01. The molecule has 5 nitrogen and oxygen atoms in total. The number of aryl methyl sites for hydroxylation is 1. The molecule has 18 heavy (non-hydrogen) atoms. The van der Waals surface area contributed by atoms with Gasteiger partial charge in [0.1, 0.15) is 11.6 Å². The summed E-state index contributed by atoms with van der Waals surface area (Å²) in [6.07, 6.45) is 5.17. The van der Waals surface area contributed by atoms with Crippen LogP contribution in [0.1, 0.15) is 29.9 Å². The number of anilines is 1. The molecule has 0 aromatic carbocycles. The van der Waals surface area contributed by atoms with Crippen LogP contribution in [0.2, 0.25) is 0 Å². The number of hydrogen-bond acceptors (Lipinski definition) is 5. The van der Waals surface area contributed by atoms with Gasteiger partial charge < -0.3 is 11.1 Å². The largest absolute Gasteiger partial charge is 0.383 e. The van der Waals surface area contributed by atoms with E-state index < -0.39 is 0 Å². The lowest BCUT2D eigenvalue weighted by Gasteiger charge is -2.19. The Morgan fingerprint density at radius 3 is 2.56 bits per heavy atom. The summed E-state index contributed by atoms with van der Waals surface area (Å²) in [5, 5.41) is 3.35. The fraction of sp³-hybridized carbons (Fsp3) is 0.308. The highest BCUT2D eigenvalue weighted by molar-refractivity contribution is 5.48. The van der Waals surface area contributed by atoms with E-state index in [9.17, 15) is 0 Å². The Labute approximate surface area is 106 Å². The minimum atomic E-state index is -0.120. The number of rotatable bonds is 4. The molecule has 0 saturated heterocycles. The average Bonchev–Trinajstić information content (AvgIpc) is 2.38. The highest BCUT2D eigenvalue weighted by Crippen LogP contribution is 2.25. The lowest BCUT2D eigenvalue weighted by molar-refractivity contribution is 0.594. The van der Waals surface area contributed by atoms with Gasteiger partial charge in [0.05, 0.1) is 6.04 Å². The van der Waals surface area contributed by atoms with Crippen molar-refractivity contribution in [2.45, 2.75) is 19.9 Å². The number of aromatic nitrogens is 3. The zero-order valence-corrected chi connectivity index (χ0v) is 10.6. The van der Waals surface area contributed by atoms with Gasteiger partial charge in [-0.3, -0.25) is 0 Å². The van der Waals surface area contributed by atoms with Gasteiger partial charge in [-0.2, -0.15) is 0 Å². The number of nitrogen functional groups attached to an aromatic ring is 1. The van der Waals surface area contributed by atoms with Crippen LogP contribution in [0.25, 0.3) is 0 Å². The van der Waals surface area contributed by atoms with Gasteiger partial charge in [0.2, 0.25) is 0 Å². The van der Waals surface area contributed by atoms with Crippen LogP contribution in [-0.4, -0.2) is 21.5 Å². The van der Waals surface area contributed by atoms with Gasteiger partial charge >= 0.3 is 0 Å². The monoisotopic (exact) mass is 243 g/mol. The van der Waals surface area contributed by atoms with Gasteiger partial charge in [0, 0.05) is 24.2 Å². The maximum absolute atomic E-state index is 5.98. The number of hydrogen-bond donors (Lipinski definition) is 2. The fourth-order valence-corrected chi connectivity index (χ4v) is 1.95. The van der Waals surface area contributed by atoms with E-state index >= 15 is 0 Å². The lowest BCUT2D eigenvalue weighted by atomic mass is 10.0. The number of nitrogens with two attached hydrogens (primary N) is 1. The Kier molecular flexibility index (Phi) is 3.84. The molecule has 0 bridgehead atoms. The van der Waals surface area contributed by atoms with Crippen molar-refractivity contribution in [1.29, 1.82) is 0 Å². The molecule has 0 spiro atoms. The molecule has 2 aromatic heterocycles. The third-order valence-electron chi connectivity index (χ3n) is 2.78. The van der Waals surface area contributed by atoms with Crippen LogP contribution in [0, 0.1) is 6.92 Å². The van der Waals surface area contributed by atoms with Crippen molar-refractivity contribution >= 4 is 5.82 Å². The maximum Gasteiger partial charge on any atom is 0.149 e. The minimum Gasteiger partial charge on any atom is -0.383 e. The first-order chi connectivity index (χ1) is 8.74. The molecule has 0 fully saturated rings. The zero-order valence-electron chi connectivity index (χ0n) is 10.6. The molecule has 1 unspecified atom stereocenters. The van der Waals surface area contributed by atoms with Crippen LogP contribution >= 0.6 is 0 Å². The predicted molar refractivity (Wildman–Crippen MR) is 70.9 cm³/mol. The topological polar surface area (TPSA) is 76.7 Å². The Bertz CT molecular complexity index is 492. The van der Waals surface area contributed by atoms with Gasteiger partial charge in [-0.15, -0.1) is 0 Å². The van der Waals surface area contributed by atoms with Crippen molar-refractivity contribution in [3.8, 4) is 0 Å². The molecule has 2 aromatic rings. The third kappa shape index (κ3) is 2.46. The standard InChI is InChI=1S/C13H17N5/c1-3-15-11(13-17-6-4-7-18-13)10-9(2)5-8-16-12(10)14/h4-8,11,15H,3H2,1-2H3,(H2,14,16). The van der Waals surface area contributed by atoms with Gasteiger partial charge in [0.15, 0.2) is 0 Å². The number of nitrogens with one attached hydrogen (secondary N) is 1. The van der Waals surface area contributed by atoms with E-state index in [1.54, 1.807) is 24.7 Å². The van der Waals surface area contributed by atoms with Crippen molar-refractivity contribution in [3.05, 3.63) is 47.7 Å². The zero-order chi connectivity index (χ0) is 13.0. The van der Waals surface area contributed by atoms with Crippen molar-refractivity contribution in [2.24, 2.45) is 0 Å². The van der Waals surface area contributed by atoms with E-state index in [4.69, 9.17) is 5.73 Å². The number of nitrogens with zero attached hydrogens (tertiary/aromatic N) is 3. The first kappa shape index (κ1) is 12.4. The molecule has 0 aliphatic rings. The van der Waals surface area contributed by atoms with Gasteiger partial charge in [-0.25, -0.2) is 15.0 Å². The first-order valence-electron chi connectivity index (χ1n) is 5.95. The van der Waals surface area contributed by atoms with E-state index in [-0.39, 0.29) is 6.04 Å². The average molecular weight is 243 g/mol. The molecule has 0 aliphatic heterocycles. The SMILES string of the molecule is CCNC(c1ncccn1)c1c(C)ccnc1N. The summed E-state index contributed by atoms with van der Waals surface area (Å²) in [6, 6.07) is 3.62. The summed E-state index contributed by atoms with van der Waals surface area (Å²) >= 11 is 0. The molecule has 1 atom stereocenters. The summed E-state index contributed by atoms with van der Waals surface area (Å²) in [4.78, 5) is 12.7. The molecular weight excluding hydrogens is 226 g/mol. The summed E-state index contributed by atoms with van der Waals surface area (Å²) in [6.45, 7) is 4.86. The normalized spacial score (nSPS) is 12.3. The maximum atomic E-state index is 5.98. The van der Waals surface area contributed by atoms with Crippen LogP contribution in [0.3, 0.4) is 0 Å². The predicted octanol–water partition coefficient (Wildman–Crippen LogP) is 1.46. The second kappa shape index (κ2) is 5.55. The summed E-state index contributed by atoms with van der Waals surface area (Å²) in [5.74, 6) is 1.23. The van der Waals surface area contributed by atoms with E-state index in [1.807, 2.05) is 19.9 Å². The van der Waals surface area contributed by atoms with Crippen LogP contribution < -0.4 is 11.1 Å². The van der Waals surface area contributed by atoms with E-state index in [2.05, 4.69) is 20.3 Å². The second-order valence-electron chi connectivity index (χ2n) is 4.02. The van der Waals surface area contributed by atoms with Crippen LogP contribution in [-0.2, 0) is 0 Å². The minimum absolute atomic E-state index is 0.120. The molecule has 5 heteroatoms. The molecular formula is C13H17N5. The van der Waals surface area contributed by atoms with Crippen LogP contribution in [0.4, 0.5) is 5.82 Å². The Morgan fingerprint density at radius 2 is 1.94 bits per heavy atom. The molecule has 2 heterocycles. The van der Waals surface area contributed by atoms with Gasteiger partial charge in [-0.05, 0) is 31.2 Å². The van der Waals surface area contributed by atoms with E-state index in [0.717, 1.165) is 17.7 Å². The highest BCUT2D eigenvalue weighted by Gasteiger charge is 2.20. The van der Waals surface area contributed by atoms with Gasteiger partial charge in [0.25, 0.3) is 0 Å². The molecule has 2 rings (SSSR count). The van der Waals surface area contributed by atoms with Crippen molar-refractivity contribution in [1.82, 2.24) is 20.3 Å². The molecule has 94 valence electrons. The summed E-state index contributed by atoms with van der Waals surface area (Å²) < 4.78 is 0. The van der Waals surface area contributed by atoms with Crippen molar-refractivity contribution < 1.29 is 0 Å². The summed E-state index contributed by atoms with van der Waals surface area (Å²) in [7, 11) is 0. The van der Waals surface area contributed by atoms with Crippen molar-refractivity contribution in [3.63, 3.8) is 0 Å². The van der Waals surface area contributed by atoms with E-state index in [1.165, 1.54) is 0 Å². The fourth-order valence-electron chi connectivity index (χ4n) is 1.95. The van der Waals surface area contributed by atoms with Crippen molar-refractivity contribution in [2.75, 3.05) is 12.3 Å². The Balaban J connectivity index is 2.48. The molecule has 0 aliphatic carbocycles. The lowest BCUT2D eigenvalue weighted by Crippen LogP contribution is -2.26. The molecule has 3 N–H and O–H groups in total. The summed E-state index contributed by atoms with van der Waals surface area (Å²) in [5.41, 5.74) is 8.02.